The normalized spacial score (nSPS) is 34.7. The molecule has 0 aromatic carbocycles. The van der Waals surface area contributed by atoms with E-state index in [1.165, 1.54) is 6.92 Å². The number of amides is 1. The van der Waals surface area contributed by atoms with Gasteiger partial charge in [0, 0.05) is 39.0 Å². The molecule has 0 unspecified atom stereocenters. The van der Waals surface area contributed by atoms with Gasteiger partial charge in [0.25, 0.3) is 0 Å². The van der Waals surface area contributed by atoms with Crippen molar-refractivity contribution in [3.63, 3.8) is 0 Å². The van der Waals surface area contributed by atoms with Crippen molar-refractivity contribution in [1.82, 2.24) is 9.80 Å². The summed E-state index contributed by atoms with van der Waals surface area (Å²) in [6, 6.07) is 0. The summed E-state index contributed by atoms with van der Waals surface area (Å²) in [5.74, 6) is 0.375. The molecule has 1 saturated heterocycles. The van der Waals surface area contributed by atoms with E-state index in [1.54, 1.807) is 0 Å². The van der Waals surface area contributed by atoms with Gasteiger partial charge in [-0.3, -0.25) is 4.79 Å². The molecule has 2 fully saturated rings. The van der Waals surface area contributed by atoms with Crippen LogP contribution in [-0.4, -0.2) is 78.0 Å². The molecule has 3 aliphatic rings. The number of nitrogens with zero attached hydrogens (tertiary/aromatic N) is 2. The molecular weight excluding hydrogens is 408 g/mol. The van der Waals surface area contributed by atoms with Crippen LogP contribution in [0.3, 0.4) is 0 Å². The Kier molecular flexibility index (Phi) is 8.26. The lowest BCUT2D eigenvalue weighted by Crippen LogP contribution is -2.56. The summed E-state index contributed by atoms with van der Waals surface area (Å²) in [7, 11) is 0. The van der Waals surface area contributed by atoms with E-state index in [1.807, 2.05) is 18.7 Å². The van der Waals surface area contributed by atoms with Crippen LogP contribution in [0, 0.1) is 30.1 Å². The summed E-state index contributed by atoms with van der Waals surface area (Å²) in [6.45, 7) is 14.1. The Balaban J connectivity index is 1.67. The fraction of sp³-hybridized carbons (Fsp3) is 0.800. The molecule has 2 aliphatic carbocycles. The molecule has 0 aromatic heterocycles. The minimum Gasteiger partial charge on any atom is -0.457 e. The molecule has 1 saturated carbocycles. The average molecular weight is 449 g/mol. The zero-order chi connectivity index (χ0) is 23.5. The molecule has 0 aromatic rings. The van der Waals surface area contributed by atoms with E-state index >= 15 is 0 Å². The summed E-state index contributed by atoms with van der Waals surface area (Å²) in [4.78, 5) is 27.9. The van der Waals surface area contributed by atoms with Crippen molar-refractivity contribution < 1.29 is 24.2 Å². The molecule has 1 amide bonds. The molecule has 0 spiro atoms. The van der Waals surface area contributed by atoms with Crippen molar-refractivity contribution in [3.05, 3.63) is 18.1 Å². The van der Waals surface area contributed by atoms with E-state index in [-0.39, 0.29) is 23.9 Å². The molecular formula is C25H40N2O5. The molecule has 7 heteroatoms. The molecule has 180 valence electrons. The second-order valence-electron chi connectivity index (χ2n) is 9.86. The first kappa shape index (κ1) is 25.0. The van der Waals surface area contributed by atoms with Gasteiger partial charge >= 0.3 is 12.1 Å². The standard InChI is InChI=1S/C25H40N2O5/c1-6-31-24(29)27-11-7-10-26(12-13-27)16-18(3)21-9-8-19(4)25(30)15-23(32-20(5)28)17(2)14-22(21)25/h14,18-19,21-23,30H,6-13,16H2,1-5H3/t18-,19-,21+,22-,23-,25-/m1/s1. The van der Waals surface area contributed by atoms with Crippen LogP contribution in [0.4, 0.5) is 4.79 Å². The lowest BCUT2D eigenvalue weighted by molar-refractivity contribution is -0.148. The van der Waals surface area contributed by atoms with E-state index in [0.717, 1.165) is 51.0 Å². The lowest BCUT2D eigenvalue weighted by Gasteiger charge is -2.52. The lowest BCUT2D eigenvalue weighted by atomic mass is 9.57. The van der Waals surface area contributed by atoms with Crippen LogP contribution in [0.25, 0.3) is 0 Å². The van der Waals surface area contributed by atoms with Crippen LogP contribution >= 0.6 is 0 Å². The zero-order valence-electron chi connectivity index (χ0n) is 20.3. The highest BCUT2D eigenvalue weighted by Gasteiger charge is 2.53. The molecule has 1 N–H and O–H groups in total. The van der Waals surface area contributed by atoms with Crippen LogP contribution in [0.1, 0.15) is 53.9 Å². The van der Waals surface area contributed by atoms with Crippen LogP contribution in [-0.2, 0) is 14.3 Å². The van der Waals surface area contributed by atoms with Crippen molar-refractivity contribution >= 4 is 12.1 Å². The number of esters is 1. The summed E-state index contributed by atoms with van der Waals surface area (Å²) in [5, 5.41) is 11.7. The fourth-order valence-electron chi connectivity index (χ4n) is 5.70. The third-order valence-electron chi connectivity index (χ3n) is 7.55. The monoisotopic (exact) mass is 448 g/mol. The largest absolute Gasteiger partial charge is 0.457 e. The first-order chi connectivity index (χ1) is 15.2. The Morgan fingerprint density at radius 1 is 1.28 bits per heavy atom. The van der Waals surface area contributed by atoms with E-state index in [0.29, 0.717) is 25.0 Å². The third kappa shape index (κ3) is 5.48. The summed E-state index contributed by atoms with van der Waals surface area (Å²) >= 11 is 0. The minimum atomic E-state index is -1.09. The third-order valence-corrected chi connectivity index (χ3v) is 7.55. The van der Waals surface area contributed by atoms with Gasteiger partial charge in [0.15, 0.2) is 0 Å². The number of fused-ring (bicyclic) bond motifs is 1. The highest BCUT2D eigenvalue weighted by molar-refractivity contribution is 5.67. The molecule has 2 radical (unpaired) electrons. The van der Waals surface area contributed by atoms with Gasteiger partial charge in [0.1, 0.15) is 6.10 Å². The average Bonchev–Trinajstić information content (AvgIpc) is 2.96. The van der Waals surface area contributed by atoms with Crippen molar-refractivity contribution in [3.8, 4) is 0 Å². The molecule has 3 rings (SSSR count). The van der Waals surface area contributed by atoms with Crippen molar-refractivity contribution in [2.24, 2.45) is 23.7 Å². The first-order valence-corrected chi connectivity index (χ1v) is 12.1. The predicted molar refractivity (Wildman–Crippen MR) is 122 cm³/mol. The Hall–Kier alpha value is -1.60. The van der Waals surface area contributed by atoms with Crippen LogP contribution in [0.2, 0.25) is 0 Å². The molecule has 1 heterocycles. The van der Waals surface area contributed by atoms with E-state index in [4.69, 9.17) is 9.47 Å². The van der Waals surface area contributed by atoms with Gasteiger partial charge in [-0.2, -0.15) is 0 Å². The first-order valence-electron chi connectivity index (χ1n) is 12.1. The van der Waals surface area contributed by atoms with Crippen LogP contribution < -0.4 is 0 Å². The van der Waals surface area contributed by atoms with E-state index in [2.05, 4.69) is 31.2 Å². The van der Waals surface area contributed by atoms with Crippen molar-refractivity contribution in [2.75, 3.05) is 39.3 Å². The van der Waals surface area contributed by atoms with Gasteiger partial charge < -0.3 is 24.4 Å². The predicted octanol–water partition coefficient (Wildman–Crippen LogP) is 3.15. The Morgan fingerprint density at radius 3 is 2.72 bits per heavy atom. The van der Waals surface area contributed by atoms with Gasteiger partial charge in [-0.15, -0.1) is 0 Å². The summed E-state index contributed by atoms with van der Waals surface area (Å²) in [5.41, 5.74) is -0.142. The highest BCUT2D eigenvalue weighted by Crippen LogP contribution is 2.50. The Labute approximate surface area is 193 Å². The smallest absolute Gasteiger partial charge is 0.409 e. The number of hydrogen-bond acceptors (Lipinski definition) is 6. The van der Waals surface area contributed by atoms with Gasteiger partial charge in [-0.05, 0) is 63.0 Å². The molecule has 32 heavy (non-hydrogen) atoms. The quantitative estimate of drug-likeness (QED) is 0.514. The Bertz CT molecular complexity index is 710. The number of rotatable bonds is 5. The highest BCUT2D eigenvalue weighted by atomic mass is 16.6. The van der Waals surface area contributed by atoms with E-state index < -0.39 is 11.7 Å². The summed E-state index contributed by atoms with van der Waals surface area (Å²) < 4.78 is 10.6. The SMILES string of the molecule is CCOC(=O)N1CCCN(C[C@@H](C)[C@@H]2CC[C@@H](C)[C@]3(O)[C][C@@H](OC(C)=O)C(C)=C[C@H]23)CC1. The minimum absolute atomic E-state index is 0.0314. The number of carbonyl (C=O) groups is 2. The van der Waals surface area contributed by atoms with Gasteiger partial charge in [-0.1, -0.05) is 19.9 Å². The van der Waals surface area contributed by atoms with Gasteiger partial charge in [-0.25, -0.2) is 4.79 Å². The van der Waals surface area contributed by atoms with Crippen LogP contribution in [0.5, 0.6) is 0 Å². The van der Waals surface area contributed by atoms with Crippen molar-refractivity contribution in [1.29, 1.82) is 0 Å². The van der Waals surface area contributed by atoms with Crippen LogP contribution in [0.15, 0.2) is 11.6 Å². The number of aliphatic hydroxyl groups is 1. The van der Waals surface area contributed by atoms with Gasteiger partial charge in [0.2, 0.25) is 0 Å². The molecule has 7 nitrogen and oxygen atoms in total. The maximum Gasteiger partial charge on any atom is 0.409 e. The van der Waals surface area contributed by atoms with Gasteiger partial charge in [0.05, 0.1) is 18.6 Å². The number of carbonyl (C=O) groups excluding carboxylic acids is 2. The number of ether oxygens (including phenoxy) is 2. The molecule has 1 aliphatic heterocycles. The molecule has 6 atom stereocenters. The maximum atomic E-state index is 12.1. The Morgan fingerprint density at radius 2 is 2.03 bits per heavy atom. The fourth-order valence-corrected chi connectivity index (χ4v) is 5.70. The number of hydrogen-bond donors (Lipinski definition) is 1. The van der Waals surface area contributed by atoms with Crippen molar-refractivity contribution in [2.45, 2.75) is 65.6 Å². The topological polar surface area (TPSA) is 79.3 Å². The second-order valence-corrected chi connectivity index (χ2v) is 9.86. The second kappa shape index (κ2) is 10.6. The zero-order valence-corrected chi connectivity index (χ0v) is 20.3. The molecule has 0 bridgehead atoms. The maximum absolute atomic E-state index is 12.1. The summed E-state index contributed by atoms with van der Waals surface area (Å²) in [6.07, 6.45) is 7.51. The van der Waals surface area contributed by atoms with E-state index in [9.17, 15) is 14.7 Å².